The Hall–Kier alpha value is -1.93. The van der Waals surface area contributed by atoms with Crippen LogP contribution in [0.5, 0.6) is 0 Å². The van der Waals surface area contributed by atoms with Crippen LogP contribution >= 0.6 is 0 Å². The van der Waals surface area contributed by atoms with Gasteiger partial charge in [-0.3, -0.25) is 9.89 Å². The maximum absolute atomic E-state index is 13.9. The molecule has 1 aromatic rings. The lowest BCUT2D eigenvalue weighted by atomic mass is 10.2. The zero-order chi connectivity index (χ0) is 19.2. The van der Waals surface area contributed by atoms with Crippen LogP contribution in [-0.4, -0.2) is 80.4 Å². The fourth-order valence-corrected chi connectivity index (χ4v) is 3.82. The van der Waals surface area contributed by atoms with Gasteiger partial charge in [-0.25, -0.2) is 9.37 Å². The Morgan fingerprint density at radius 1 is 1.48 bits per heavy atom. The largest absolute Gasteiger partial charge is 0.379 e. The molecule has 0 amide bonds. The summed E-state index contributed by atoms with van der Waals surface area (Å²) in [6, 6.07) is 4.12. The minimum atomic E-state index is -0.269. The zero-order valence-electron chi connectivity index (χ0n) is 16.5. The molecule has 1 aromatic heterocycles. The first kappa shape index (κ1) is 19.8. The van der Waals surface area contributed by atoms with Gasteiger partial charge in [-0.2, -0.15) is 0 Å². The first-order valence-corrected chi connectivity index (χ1v) is 9.74. The molecule has 3 rings (SSSR count). The van der Waals surface area contributed by atoms with Crippen molar-refractivity contribution in [3.8, 4) is 0 Å². The predicted molar refractivity (Wildman–Crippen MR) is 106 cm³/mol. The van der Waals surface area contributed by atoms with Crippen molar-refractivity contribution in [2.24, 2.45) is 4.99 Å². The Bertz CT molecular complexity index is 642. The van der Waals surface area contributed by atoms with Crippen molar-refractivity contribution in [3.63, 3.8) is 0 Å². The number of aromatic nitrogens is 1. The lowest BCUT2D eigenvalue weighted by Crippen LogP contribution is -2.53. The summed E-state index contributed by atoms with van der Waals surface area (Å²) in [5, 5.41) is 6.89. The monoisotopic (exact) mass is 378 g/mol. The number of halogens is 1. The van der Waals surface area contributed by atoms with Gasteiger partial charge in [0.25, 0.3) is 0 Å². The molecule has 2 aliphatic rings. The standard InChI is InChI=1S/C19H31FN6O/c1-14(26-9-10-27-13-15(26)2)11-23-19(21-3)24-16-6-8-25(12-16)18-17(20)5-4-7-22-18/h4-5,7,14-16H,6,8-13H2,1-3H3,(H2,21,23,24). The summed E-state index contributed by atoms with van der Waals surface area (Å²) < 4.78 is 19.5. The van der Waals surface area contributed by atoms with E-state index in [9.17, 15) is 4.39 Å². The molecule has 3 atom stereocenters. The molecular formula is C19H31FN6O. The van der Waals surface area contributed by atoms with Crippen molar-refractivity contribution < 1.29 is 9.13 Å². The fourth-order valence-electron chi connectivity index (χ4n) is 3.82. The van der Waals surface area contributed by atoms with Crippen molar-refractivity contribution in [2.75, 3.05) is 51.3 Å². The highest BCUT2D eigenvalue weighted by Gasteiger charge is 2.27. The van der Waals surface area contributed by atoms with Crippen LogP contribution in [0.4, 0.5) is 10.2 Å². The summed E-state index contributed by atoms with van der Waals surface area (Å²) in [6.45, 7) is 9.28. The second-order valence-corrected chi connectivity index (χ2v) is 7.35. The Labute approximate surface area is 161 Å². The highest BCUT2D eigenvalue weighted by molar-refractivity contribution is 5.80. The van der Waals surface area contributed by atoms with E-state index in [1.807, 2.05) is 4.90 Å². The van der Waals surface area contributed by atoms with E-state index in [1.54, 1.807) is 19.3 Å². The third-order valence-corrected chi connectivity index (χ3v) is 5.34. The summed E-state index contributed by atoms with van der Waals surface area (Å²) in [5.74, 6) is 0.949. The number of pyridine rings is 1. The van der Waals surface area contributed by atoms with Crippen LogP contribution in [-0.2, 0) is 4.74 Å². The van der Waals surface area contributed by atoms with Gasteiger partial charge in [0.05, 0.1) is 13.2 Å². The fraction of sp³-hybridized carbons (Fsp3) is 0.684. The molecule has 0 aromatic carbocycles. The molecule has 0 saturated carbocycles. The van der Waals surface area contributed by atoms with E-state index in [0.717, 1.165) is 45.2 Å². The molecule has 27 heavy (non-hydrogen) atoms. The smallest absolute Gasteiger partial charge is 0.191 e. The van der Waals surface area contributed by atoms with Crippen LogP contribution in [0.1, 0.15) is 20.3 Å². The number of aliphatic imine (C=N–C) groups is 1. The van der Waals surface area contributed by atoms with Gasteiger partial charge in [-0.15, -0.1) is 0 Å². The minimum Gasteiger partial charge on any atom is -0.379 e. The van der Waals surface area contributed by atoms with Gasteiger partial charge in [-0.05, 0) is 32.4 Å². The molecule has 0 radical (unpaired) electrons. The van der Waals surface area contributed by atoms with Crippen LogP contribution in [0.2, 0.25) is 0 Å². The van der Waals surface area contributed by atoms with Crippen LogP contribution in [0.15, 0.2) is 23.3 Å². The third-order valence-electron chi connectivity index (χ3n) is 5.34. The lowest BCUT2D eigenvalue weighted by Gasteiger charge is -2.38. The Kier molecular flexibility index (Phi) is 6.84. The highest BCUT2D eigenvalue weighted by atomic mass is 19.1. The van der Waals surface area contributed by atoms with E-state index in [1.165, 1.54) is 6.07 Å². The molecule has 0 spiro atoms. The maximum atomic E-state index is 13.9. The Morgan fingerprint density at radius 2 is 2.33 bits per heavy atom. The summed E-state index contributed by atoms with van der Waals surface area (Å²) >= 11 is 0. The number of nitrogens with one attached hydrogen (secondary N) is 2. The minimum absolute atomic E-state index is 0.218. The molecule has 3 heterocycles. The number of hydrogen-bond donors (Lipinski definition) is 2. The molecule has 2 N–H and O–H groups in total. The van der Waals surface area contributed by atoms with Crippen molar-refractivity contribution in [1.29, 1.82) is 0 Å². The number of anilines is 1. The summed E-state index contributed by atoms with van der Waals surface area (Å²) in [6.07, 6.45) is 2.56. The summed E-state index contributed by atoms with van der Waals surface area (Å²) in [4.78, 5) is 13.0. The predicted octanol–water partition coefficient (Wildman–Crippen LogP) is 1.07. The van der Waals surface area contributed by atoms with E-state index in [2.05, 4.69) is 39.4 Å². The number of ether oxygens (including phenoxy) is 1. The third kappa shape index (κ3) is 5.07. The van der Waals surface area contributed by atoms with E-state index >= 15 is 0 Å². The molecular weight excluding hydrogens is 347 g/mol. The van der Waals surface area contributed by atoms with Crippen molar-refractivity contribution >= 4 is 11.8 Å². The number of rotatable bonds is 5. The molecule has 3 unspecified atom stereocenters. The first-order chi connectivity index (χ1) is 13.1. The number of nitrogens with zero attached hydrogens (tertiary/aromatic N) is 4. The first-order valence-electron chi connectivity index (χ1n) is 9.74. The molecule has 7 nitrogen and oxygen atoms in total. The average Bonchev–Trinajstić information content (AvgIpc) is 3.14. The molecule has 0 aliphatic carbocycles. The SMILES string of the molecule is CN=C(NCC(C)N1CCOCC1C)NC1CCN(c2ncccc2F)C1. The van der Waals surface area contributed by atoms with Gasteiger partial charge in [0.1, 0.15) is 0 Å². The molecule has 2 aliphatic heterocycles. The van der Waals surface area contributed by atoms with Crippen LogP contribution < -0.4 is 15.5 Å². The van der Waals surface area contributed by atoms with Crippen LogP contribution in [0, 0.1) is 5.82 Å². The molecule has 150 valence electrons. The topological polar surface area (TPSA) is 65.0 Å². The van der Waals surface area contributed by atoms with Crippen LogP contribution in [0.25, 0.3) is 0 Å². The number of morpholine rings is 1. The average molecular weight is 378 g/mol. The number of guanidine groups is 1. The normalized spacial score (nSPS) is 25.5. The van der Waals surface area contributed by atoms with Gasteiger partial charge in [0.2, 0.25) is 0 Å². The van der Waals surface area contributed by atoms with Crippen molar-refractivity contribution in [3.05, 3.63) is 24.1 Å². The summed E-state index contributed by atoms with van der Waals surface area (Å²) in [7, 11) is 1.78. The Balaban J connectivity index is 1.47. The lowest BCUT2D eigenvalue weighted by molar-refractivity contribution is -0.0174. The maximum Gasteiger partial charge on any atom is 0.191 e. The Morgan fingerprint density at radius 3 is 3.07 bits per heavy atom. The second-order valence-electron chi connectivity index (χ2n) is 7.35. The van der Waals surface area contributed by atoms with Crippen molar-refractivity contribution in [2.45, 2.75) is 38.4 Å². The van der Waals surface area contributed by atoms with Gasteiger partial charge >= 0.3 is 0 Å². The van der Waals surface area contributed by atoms with Gasteiger partial charge in [0.15, 0.2) is 17.6 Å². The molecule has 2 fully saturated rings. The van der Waals surface area contributed by atoms with E-state index in [4.69, 9.17) is 4.74 Å². The molecule has 2 saturated heterocycles. The van der Waals surface area contributed by atoms with Gasteiger partial charge in [0, 0.05) is 57.5 Å². The zero-order valence-corrected chi connectivity index (χ0v) is 16.5. The van der Waals surface area contributed by atoms with E-state index in [0.29, 0.717) is 24.4 Å². The van der Waals surface area contributed by atoms with Gasteiger partial charge in [-0.1, -0.05) is 0 Å². The van der Waals surface area contributed by atoms with E-state index in [-0.39, 0.29) is 11.9 Å². The van der Waals surface area contributed by atoms with Gasteiger partial charge < -0.3 is 20.3 Å². The van der Waals surface area contributed by atoms with Crippen molar-refractivity contribution in [1.82, 2.24) is 20.5 Å². The van der Waals surface area contributed by atoms with E-state index < -0.39 is 0 Å². The second kappa shape index (κ2) is 9.32. The highest BCUT2D eigenvalue weighted by Crippen LogP contribution is 2.20. The van der Waals surface area contributed by atoms with Crippen LogP contribution in [0.3, 0.4) is 0 Å². The molecule has 0 bridgehead atoms. The number of hydrogen-bond acceptors (Lipinski definition) is 5. The summed E-state index contributed by atoms with van der Waals surface area (Å²) in [5.41, 5.74) is 0. The quantitative estimate of drug-likeness (QED) is 0.590. The molecule has 8 heteroatoms.